The summed E-state index contributed by atoms with van der Waals surface area (Å²) in [4.78, 5) is 11.7. The normalized spacial score (nSPS) is 11.9. The molecule has 0 heterocycles. The molecule has 0 saturated carbocycles. The fourth-order valence-electron chi connectivity index (χ4n) is 1.61. The molecule has 0 aromatic carbocycles. The zero-order valence-electron chi connectivity index (χ0n) is 10.6. The molecule has 0 aliphatic heterocycles. The van der Waals surface area contributed by atoms with Crippen molar-refractivity contribution >= 4 is 5.91 Å². The van der Waals surface area contributed by atoms with E-state index in [-0.39, 0.29) is 17.2 Å². The van der Waals surface area contributed by atoms with Crippen LogP contribution in [0, 0.1) is 11.3 Å². The van der Waals surface area contributed by atoms with Gasteiger partial charge in [0, 0.05) is 12.5 Å². The van der Waals surface area contributed by atoms with E-state index >= 15 is 0 Å². The third-order valence-electron chi connectivity index (χ3n) is 2.92. The van der Waals surface area contributed by atoms with Crippen molar-refractivity contribution in [1.82, 2.24) is 5.32 Å². The minimum absolute atomic E-state index is 0.108. The first kappa shape index (κ1) is 14.4. The van der Waals surface area contributed by atoms with Crippen LogP contribution in [0.1, 0.15) is 47.0 Å². The van der Waals surface area contributed by atoms with Crippen molar-refractivity contribution in [3.05, 3.63) is 0 Å². The third kappa shape index (κ3) is 5.78. The first-order valence-corrected chi connectivity index (χ1v) is 5.94. The number of hydrogen-bond acceptors (Lipinski definition) is 2. The first-order valence-electron chi connectivity index (χ1n) is 5.94. The summed E-state index contributed by atoms with van der Waals surface area (Å²) in [5.74, 6) is 0.351. The van der Waals surface area contributed by atoms with Crippen molar-refractivity contribution in [3.8, 4) is 0 Å². The van der Waals surface area contributed by atoms with Gasteiger partial charge in [-0.15, -0.1) is 0 Å². The predicted octanol–water partition coefficient (Wildman–Crippen LogP) is 1.91. The summed E-state index contributed by atoms with van der Waals surface area (Å²) in [6.07, 6.45) is 2.77. The Balaban J connectivity index is 3.98. The molecule has 0 aliphatic rings. The SMILES string of the molecule is CCC(CC)C(=O)NCC(C)(C)CCN. The van der Waals surface area contributed by atoms with Crippen LogP contribution in [0.3, 0.4) is 0 Å². The van der Waals surface area contributed by atoms with Crippen molar-refractivity contribution < 1.29 is 4.79 Å². The molecule has 0 aromatic heterocycles. The van der Waals surface area contributed by atoms with Gasteiger partial charge in [-0.2, -0.15) is 0 Å². The Morgan fingerprint density at radius 1 is 1.33 bits per heavy atom. The second kappa shape index (κ2) is 6.83. The van der Waals surface area contributed by atoms with Crippen LogP contribution >= 0.6 is 0 Å². The topological polar surface area (TPSA) is 55.1 Å². The van der Waals surface area contributed by atoms with E-state index in [0.717, 1.165) is 25.8 Å². The lowest BCUT2D eigenvalue weighted by Crippen LogP contribution is -2.38. The Hall–Kier alpha value is -0.570. The standard InChI is InChI=1S/C12H26N2O/c1-5-10(6-2)11(15)14-9-12(3,4)7-8-13/h10H,5-9,13H2,1-4H3,(H,14,15). The first-order chi connectivity index (χ1) is 6.96. The number of nitrogens with two attached hydrogens (primary N) is 1. The van der Waals surface area contributed by atoms with Gasteiger partial charge in [0.25, 0.3) is 0 Å². The number of carbonyl (C=O) groups is 1. The van der Waals surface area contributed by atoms with E-state index in [2.05, 4.69) is 33.0 Å². The molecule has 90 valence electrons. The lowest BCUT2D eigenvalue weighted by atomic mass is 9.89. The highest BCUT2D eigenvalue weighted by Crippen LogP contribution is 2.18. The van der Waals surface area contributed by atoms with Crippen molar-refractivity contribution in [2.75, 3.05) is 13.1 Å². The van der Waals surface area contributed by atoms with E-state index in [9.17, 15) is 4.79 Å². The summed E-state index contributed by atoms with van der Waals surface area (Å²) in [5.41, 5.74) is 5.63. The fraction of sp³-hybridized carbons (Fsp3) is 0.917. The highest BCUT2D eigenvalue weighted by Gasteiger charge is 2.20. The molecular weight excluding hydrogens is 188 g/mol. The van der Waals surface area contributed by atoms with E-state index in [1.54, 1.807) is 0 Å². The lowest BCUT2D eigenvalue weighted by molar-refractivity contribution is -0.125. The summed E-state index contributed by atoms with van der Waals surface area (Å²) < 4.78 is 0. The lowest BCUT2D eigenvalue weighted by Gasteiger charge is -2.25. The third-order valence-corrected chi connectivity index (χ3v) is 2.92. The quantitative estimate of drug-likeness (QED) is 0.680. The molecule has 0 radical (unpaired) electrons. The van der Waals surface area contributed by atoms with Crippen LogP contribution in [0.25, 0.3) is 0 Å². The Labute approximate surface area is 93.8 Å². The maximum absolute atomic E-state index is 11.7. The molecule has 0 unspecified atom stereocenters. The van der Waals surface area contributed by atoms with Gasteiger partial charge < -0.3 is 11.1 Å². The molecule has 0 aromatic rings. The monoisotopic (exact) mass is 214 g/mol. The van der Waals surface area contributed by atoms with Gasteiger partial charge in [-0.25, -0.2) is 0 Å². The Morgan fingerprint density at radius 2 is 1.87 bits per heavy atom. The van der Waals surface area contributed by atoms with E-state index in [0.29, 0.717) is 6.54 Å². The van der Waals surface area contributed by atoms with Crippen molar-refractivity contribution in [3.63, 3.8) is 0 Å². The van der Waals surface area contributed by atoms with Gasteiger partial charge in [0.15, 0.2) is 0 Å². The van der Waals surface area contributed by atoms with E-state index in [1.165, 1.54) is 0 Å². The Kier molecular flexibility index (Phi) is 6.57. The smallest absolute Gasteiger partial charge is 0.223 e. The molecular formula is C12H26N2O. The molecule has 3 heteroatoms. The van der Waals surface area contributed by atoms with Crippen molar-refractivity contribution in [2.24, 2.45) is 17.1 Å². The minimum Gasteiger partial charge on any atom is -0.355 e. The molecule has 15 heavy (non-hydrogen) atoms. The zero-order chi connectivity index (χ0) is 11.9. The van der Waals surface area contributed by atoms with Crippen LogP contribution < -0.4 is 11.1 Å². The maximum Gasteiger partial charge on any atom is 0.223 e. The highest BCUT2D eigenvalue weighted by molar-refractivity contribution is 5.78. The largest absolute Gasteiger partial charge is 0.355 e. The molecule has 0 fully saturated rings. The van der Waals surface area contributed by atoms with Gasteiger partial charge in [-0.05, 0) is 31.2 Å². The average Bonchev–Trinajstić information content (AvgIpc) is 2.17. The number of hydrogen-bond donors (Lipinski definition) is 2. The molecule has 0 bridgehead atoms. The number of amides is 1. The van der Waals surface area contributed by atoms with E-state index in [1.807, 2.05) is 0 Å². The summed E-state index contributed by atoms with van der Waals surface area (Å²) >= 11 is 0. The molecule has 3 nitrogen and oxygen atoms in total. The van der Waals surface area contributed by atoms with Crippen LogP contribution in [-0.2, 0) is 4.79 Å². The molecule has 0 spiro atoms. The molecule has 1 amide bonds. The van der Waals surface area contributed by atoms with Crippen molar-refractivity contribution in [1.29, 1.82) is 0 Å². The summed E-state index contributed by atoms with van der Waals surface area (Å²) in [7, 11) is 0. The van der Waals surface area contributed by atoms with Crippen LogP contribution in [0.2, 0.25) is 0 Å². The van der Waals surface area contributed by atoms with Gasteiger partial charge >= 0.3 is 0 Å². The Morgan fingerprint density at radius 3 is 2.27 bits per heavy atom. The molecule has 0 aliphatic carbocycles. The number of nitrogens with one attached hydrogen (secondary N) is 1. The summed E-state index contributed by atoms with van der Waals surface area (Å²) in [6.45, 7) is 9.77. The Bertz CT molecular complexity index is 186. The van der Waals surface area contributed by atoms with Crippen LogP contribution in [0.15, 0.2) is 0 Å². The second-order valence-electron chi connectivity index (χ2n) is 4.93. The maximum atomic E-state index is 11.7. The summed E-state index contributed by atoms with van der Waals surface area (Å²) in [5, 5.41) is 3.02. The second-order valence-corrected chi connectivity index (χ2v) is 4.93. The van der Waals surface area contributed by atoms with E-state index in [4.69, 9.17) is 5.73 Å². The van der Waals surface area contributed by atoms with Gasteiger partial charge in [0.1, 0.15) is 0 Å². The van der Waals surface area contributed by atoms with E-state index < -0.39 is 0 Å². The molecule has 0 rings (SSSR count). The zero-order valence-corrected chi connectivity index (χ0v) is 10.6. The van der Waals surface area contributed by atoms with Gasteiger partial charge in [-0.1, -0.05) is 27.7 Å². The molecule has 3 N–H and O–H groups in total. The summed E-state index contributed by atoms with van der Waals surface area (Å²) in [6, 6.07) is 0. The predicted molar refractivity (Wildman–Crippen MR) is 64.5 cm³/mol. The molecule has 0 atom stereocenters. The fourth-order valence-corrected chi connectivity index (χ4v) is 1.61. The van der Waals surface area contributed by atoms with Crippen LogP contribution in [0.5, 0.6) is 0 Å². The number of rotatable bonds is 7. The number of carbonyl (C=O) groups excluding carboxylic acids is 1. The average molecular weight is 214 g/mol. The van der Waals surface area contributed by atoms with Crippen LogP contribution in [-0.4, -0.2) is 19.0 Å². The minimum atomic E-state index is 0.108. The van der Waals surface area contributed by atoms with Gasteiger partial charge in [0.2, 0.25) is 5.91 Å². The van der Waals surface area contributed by atoms with Gasteiger partial charge in [-0.3, -0.25) is 4.79 Å². The van der Waals surface area contributed by atoms with Gasteiger partial charge in [0.05, 0.1) is 0 Å². The highest BCUT2D eigenvalue weighted by atomic mass is 16.1. The van der Waals surface area contributed by atoms with Crippen molar-refractivity contribution in [2.45, 2.75) is 47.0 Å². The van der Waals surface area contributed by atoms with Crippen LogP contribution in [0.4, 0.5) is 0 Å². The molecule has 0 saturated heterocycles.